The summed E-state index contributed by atoms with van der Waals surface area (Å²) < 4.78 is 0. The third kappa shape index (κ3) is 3.01. The first-order valence-corrected chi connectivity index (χ1v) is 9.15. The molecule has 3 heterocycles. The first kappa shape index (κ1) is 16.6. The van der Waals surface area contributed by atoms with Crippen LogP contribution in [0.5, 0.6) is 0 Å². The van der Waals surface area contributed by atoms with Crippen molar-refractivity contribution in [3.8, 4) is 11.3 Å². The highest BCUT2D eigenvalue weighted by atomic mass is 15.1. The van der Waals surface area contributed by atoms with E-state index >= 15 is 0 Å². The minimum Gasteiger partial charge on any atom is -0.341 e. The van der Waals surface area contributed by atoms with Gasteiger partial charge in [0.05, 0.1) is 29.8 Å². The van der Waals surface area contributed by atoms with Crippen molar-refractivity contribution < 1.29 is 0 Å². The van der Waals surface area contributed by atoms with Gasteiger partial charge in [0.1, 0.15) is 5.82 Å². The molecule has 7 heteroatoms. The van der Waals surface area contributed by atoms with E-state index in [0.717, 1.165) is 44.9 Å². The number of H-pyrrole nitrogens is 1. The maximum atomic E-state index is 4.79. The fourth-order valence-corrected chi connectivity index (χ4v) is 3.40. The smallest absolute Gasteiger partial charge is 0.227 e. The number of nitrogens with one attached hydrogen (secondary N) is 3. The second-order valence-corrected chi connectivity index (χ2v) is 6.70. The largest absolute Gasteiger partial charge is 0.341 e. The lowest BCUT2D eigenvalue weighted by Crippen LogP contribution is -2.06. The molecule has 0 radical (unpaired) electrons. The van der Waals surface area contributed by atoms with Gasteiger partial charge in [0.25, 0.3) is 0 Å². The zero-order chi connectivity index (χ0) is 18.9. The average molecular weight is 369 g/mol. The maximum Gasteiger partial charge on any atom is 0.227 e. The van der Waals surface area contributed by atoms with E-state index in [2.05, 4.69) is 42.7 Å². The number of rotatable bonds is 4. The Balaban J connectivity index is 1.49. The number of nitrogens with zero attached hydrogens (tertiary/aromatic N) is 4. The van der Waals surface area contributed by atoms with Crippen LogP contribution in [0, 0.1) is 0 Å². The molecule has 0 aliphatic carbocycles. The molecule has 0 saturated heterocycles. The Morgan fingerprint density at radius 2 is 2.04 bits per heavy atom. The molecule has 0 saturated carbocycles. The summed E-state index contributed by atoms with van der Waals surface area (Å²) in [6.07, 6.45) is 3.75. The highest BCUT2D eigenvalue weighted by molar-refractivity contribution is 5.91. The summed E-state index contributed by atoms with van der Waals surface area (Å²) in [5.41, 5.74) is 6.91. The first-order chi connectivity index (χ1) is 13.8. The van der Waals surface area contributed by atoms with E-state index in [1.165, 1.54) is 0 Å². The number of hydrogen-bond donors (Lipinski definition) is 3. The lowest BCUT2D eigenvalue weighted by atomic mass is 10.0. The number of aliphatic imine (C=N–C) groups is 1. The number of fused-ring (bicyclic) bond motifs is 4. The van der Waals surface area contributed by atoms with Gasteiger partial charge in [0, 0.05) is 34.8 Å². The van der Waals surface area contributed by atoms with Crippen molar-refractivity contribution in [2.24, 2.45) is 4.99 Å². The van der Waals surface area contributed by atoms with E-state index in [9.17, 15) is 0 Å². The fourth-order valence-electron chi connectivity index (χ4n) is 3.40. The second kappa shape index (κ2) is 6.86. The van der Waals surface area contributed by atoms with Crippen LogP contribution in [0.4, 0.5) is 11.6 Å². The molecule has 3 N–H and O–H groups in total. The number of benzene rings is 2. The van der Waals surface area contributed by atoms with Gasteiger partial charge in [-0.2, -0.15) is 0 Å². The standard InChI is InChI=1S/C21H19N7/c1-22-12-19-26-17-7-6-15(8-18(17)27-19)25-21-24-11-14-10-23-9-13-4-2-3-5-16(13)20(14)28-21/h2-9,11,22H,10,12H2,1H3,(H,26,27)(H,24,25,28). The van der Waals surface area contributed by atoms with E-state index in [4.69, 9.17) is 4.98 Å². The number of imidazole rings is 1. The number of aromatic amines is 1. The first-order valence-electron chi connectivity index (χ1n) is 9.15. The van der Waals surface area contributed by atoms with Gasteiger partial charge in [0.2, 0.25) is 5.95 Å². The average Bonchev–Trinajstić information content (AvgIpc) is 3.01. The molecule has 2 aromatic heterocycles. The summed E-state index contributed by atoms with van der Waals surface area (Å²) in [7, 11) is 1.90. The highest BCUT2D eigenvalue weighted by Crippen LogP contribution is 2.29. The zero-order valence-corrected chi connectivity index (χ0v) is 15.4. The van der Waals surface area contributed by atoms with Crippen LogP contribution in [-0.2, 0) is 13.1 Å². The SMILES string of the molecule is CNCc1nc2ccc(Nc3ncc4c(n3)-c3ccccc3C=NC4)cc2[nH]1. The third-order valence-electron chi connectivity index (χ3n) is 4.70. The third-order valence-corrected chi connectivity index (χ3v) is 4.70. The summed E-state index contributed by atoms with van der Waals surface area (Å²) in [5, 5.41) is 6.41. The topological polar surface area (TPSA) is 90.9 Å². The summed E-state index contributed by atoms with van der Waals surface area (Å²) in [4.78, 5) is 21.6. The molecule has 0 amide bonds. The van der Waals surface area contributed by atoms with Crippen LogP contribution in [0.1, 0.15) is 17.0 Å². The van der Waals surface area contributed by atoms with Crippen LogP contribution in [0.25, 0.3) is 22.3 Å². The molecule has 5 rings (SSSR count). The summed E-state index contributed by atoms with van der Waals surface area (Å²) in [5.74, 6) is 1.47. The van der Waals surface area contributed by atoms with Crippen molar-refractivity contribution >= 4 is 28.9 Å². The van der Waals surface area contributed by atoms with E-state index in [-0.39, 0.29) is 0 Å². The predicted molar refractivity (Wildman–Crippen MR) is 111 cm³/mol. The maximum absolute atomic E-state index is 4.79. The summed E-state index contributed by atoms with van der Waals surface area (Å²) >= 11 is 0. The van der Waals surface area contributed by atoms with Crippen LogP contribution in [0.15, 0.2) is 53.7 Å². The molecular weight excluding hydrogens is 350 g/mol. The van der Waals surface area contributed by atoms with Gasteiger partial charge in [-0.25, -0.2) is 15.0 Å². The fraction of sp³-hybridized carbons (Fsp3) is 0.143. The monoisotopic (exact) mass is 369 g/mol. The van der Waals surface area contributed by atoms with E-state index in [1.807, 2.05) is 49.8 Å². The summed E-state index contributed by atoms with van der Waals surface area (Å²) in [6.45, 7) is 1.28. The minimum absolute atomic E-state index is 0.560. The van der Waals surface area contributed by atoms with E-state index in [1.54, 1.807) is 0 Å². The molecule has 7 nitrogen and oxygen atoms in total. The second-order valence-electron chi connectivity index (χ2n) is 6.70. The van der Waals surface area contributed by atoms with Gasteiger partial charge < -0.3 is 15.6 Å². The Labute approximate surface area is 162 Å². The molecule has 0 atom stereocenters. The number of aromatic nitrogens is 4. The van der Waals surface area contributed by atoms with Crippen LogP contribution >= 0.6 is 0 Å². The van der Waals surface area contributed by atoms with Crippen molar-refractivity contribution in [3.05, 3.63) is 65.6 Å². The molecule has 0 spiro atoms. The summed E-state index contributed by atoms with van der Waals surface area (Å²) in [6, 6.07) is 14.1. The molecule has 0 unspecified atom stereocenters. The van der Waals surface area contributed by atoms with E-state index in [0.29, 0.717) is 19.0 Å². The normalized spacial score (nSPS) is 12.5. The molecule has 4 aromatic rings. The van der Waals surface area contributed by atoms with Gasteiger partial charge in [0.15, 0.2) is 0 Å². The molecule has 2 aromatic carbocycles. The van der Waals surface area contributed by atoms with Gasteiger partial charge in [-0.3, -0.25) is 4.99 Å². The zero-order valence-electron chi connectivity index (χ0n) is 15.4. The molecular formula is C21H19N7. The molecule has 138 valence electrons. The molecule has 1 aliphatic rings. The Bertz CT molecular complexity index is 1190. The van der Waals surface area contributed by atoms with Crippen LogP contribution in [0.2, 0.25) is 0 Å². The van der Waals surface area contributed by atoms with Crippen molar-refractivity contribution in [1.29, 1.82) is 0 Å². The van der Waals surface area contributed by atoms with E-state index < -0.39 is 0 Å². The molecule has 0 fully saturated rings. The number of hydrogen-bond acceptors (Lipinski definition) is 6. The Kier molecular flexibility index (Phi) is 4.06. The lowest BCUT2D eigenvalue weighted by molar-refractivity contribution is 0.775. The molecule has 28 heavy (non-hydrogen) atoms. The van der Waals surface area contributed by atoms with Crippen LogP contribution in [0.3, 0.4) is 0 Å². The van der Waals surface area contributed by atoms with Crippen molar-refractivity contribution in [2.75, 3.05) is 12.4 Å². The number of anilines is 2. The molecule has 0 bridgehead atoms. The Hall–Kier alpha value is -3.58. The highest BCUT2D eigenvalue weighted by Gasteiger charge is 2.15. The van der Waals surface area contributed by atoms with Crippen LogP contribution < -0.4 is 10.6 Å². The van der Waals surface area contributed by atoms with Crippen LogP contribution in [-0.4, -0.2) is 33.2 Å². The minimum atomic E-state index is 0.560. The van der Waals surface area contributed by atoms with Crippen molar-refractivity contribution in [2.45, 2.75) is 13.1 Å². The Morgan fingerprint density at radius 3 is 2.96 bits per heavy atom. The molecule has 1 aliphatic heterocycles. The predicted octanol–water partition coefficient (Wildman–Crippen LogP) is 3.42. The van der Waals surface area contributed by atoms with Gasteiger partial charge in [-0.1, -0.05) is 24.3 Å². The quantitative estimate of drug-likeness (QED) is 0.513. The van der Waals surface area contributed by atoms with Gasteiger partial charge >= 0.3 is 0 Å². The van der Waals surface area contributed by atoms with Crippen molar-refractivity contribution in [3.63, 3.8) is 0 Å². The Morgan fingerprint density at radius 1 is 1.11 bits per heavy atom. The van der Waals surface area contributed by atoms with Gasteiger partial charge in [-0.05, 0) is 25.2 Å². The lowest BCUT2D eigenvalue weighted by Gasteiger charge is -2.10. The van der Waals surface area contributed by atoms with Gasteiger partial charge in [-0.15, -0.1) is 0 Å². The van der Waals surface area contributed by atoms with Crippen molar-refractivity contribution in [1.82, 2.24) is 25.3 Å².